The van der Waals surface area contributed by atoms with E-state index in [4.69, 9.17) is 4.74 Å². The fraction of sp³-hybridized carbons (Fsp3) is 0.941. The largest absolute Gasteiger partial charge is 0.381 e. The maximum atomic E-state index is 5.45. The Kier molecular flexibility index (Phi) is 5.40. The number of nitrogens with zero attached hydrogens (tertiary/aromatic N) is 6. The van der Waals surface area contributed by atoms with E-state index in [1.54, 1.807) is 0 Å². The first-order valence-electron chi connectivity index (χ1n) is 9.64. The summed E-state index contributed by atoms with van der Waals surface area (Å²) in [5.41, 5.74) is 0. The zero-order valence-corrected chi connectivity index (χ0v) is 14.6. The molecule has 4 heterocycles. The molecule has 0 amide bonds. The van der Waals surface area contributed by atoms with Crippen LogP contribution < -0.4 is 0 Å². The average Bonchev–Trinajstić information content (AvgIpc) is 3.34. The van der Waals surface area contributed by atoms with Gasteiger partial charge in [0, 0.05) is 32.8 Å². The maximum Gasteiger partial charge on any atom is 0.165 e. The standard InChI is InChI=1S/C17H30N6O/c1-2-7-21(6-1)11-16-3-8-22(12-16)14-17-18-19-20-23(17)13-15-4-9-24-10-5-15/h15-16H,1-14H2. The summed E-state index contributed by atoms with van der Waals surface area (Å²) in [5.74, 6) is 2.51. The quantitative estimate of drug-likeness (QED) is 0.774. The van der Waals surface area contributed by atoms with Gasteiger partial charge in [0.1, 0.15) is 0 Å². The Bertz CT molecular complexity index is 509. The van der Waals surface area contributed by atoms with Crippen molar-refractivity contribution in [2.24, 2.45) is 11.8 Å². The van der Waals surface area contributed by atoms with Crippen LogP contribution in [0.5, 0.6) is 0 Å². The molecule has 1 aromatic rings. The second-order valence-electron chi connectivity index (χ2n) is 7.73. The highest BCUT2D eigenvalue weighted by Gasteiger charge is 2.27. The van der Waals surface area contributed by atoms with Gasteiger partial charge in [-0.25, -0.2) is 4.68 Å². The van der Waals surface area contributed by atoms with E-state index >= 15 is 0 Å². The molecule has 0 spiro atoms. The first-order chi connectivity index (χ1) is 11.9. The Balaban J connectivity index is 1.27. The molecule has 1 atom stereocenters. The Morgan fingerprint density at radius 3 is 2.58 bits per heavy atom. The van der Waals surface area contributed by atoms with Crippen molar-refractivity contribution in [1.29, 1.82) is 0 Å². The zero-order chi connectivity index (χ0) is 16.2. The van der Waals surface area contributed by atoms with Crippen LogP contribution in [-0.2, 0) is 17.8 Å². The van der Waals surface area contributed by atoms with Gasteiger partial charge in [-0.3, -0.25) is 4.90 Å². The van der Waals surface area contributed by atoms with Crippen LogP contribution in [0.4, 0.5) is 0 Å². The molecule has 3 aliphatic rings. The average molecular weight is 334 g/mol. The number of ether oxygens (including phenoxy) is 1. The first kappa shape index (κ1) is 16.4. The fourth-order valence-corrected chi connectivity index (χ4v) is 4.39. The molecule has 7 heteroatoms. The number of aromatic nitrogens is 4. The molecule has 7 nitrogen and oxygen atoms in total. The van der Waals surface area contributed by atoms with Crippen molar-refractivity contribution in [2.45, 2.75) is 45.2 Å². The summed E-state index contributed by atoms with van der Waals surface area (Å²) in [6.07, 6.45) is 6.34. The van der Waals surface area contributed by atoms with Crippen molar-refractivity contribution in [3.63, 3.8) is 0 Å². The molecule has 4 rings (SSSR count). The maximum absolute atomic E-state index is 5.45. The van der Waals surface area contributed by atoms with Gasteiger partial charge in [-0.1, -0.05) is 0 Å². The molecule has 3 fully saturated rings. The predicted molar refractivity (Wildman–Crippen MR) is 90.4 cm³/mol. The lowest BCUT2D eigenvalue weighted by atomic mass is 10.0. The summed E-state index contributed by atoms with van der Waals surface area (Å²) in [6.45, 7) is 9.87. The Morgan fingerprint density at radius 2 is 1.75 bits per heavy atom. The van der Waals surface area contributed by atoms with Crippen molar-refractivity contribution in [2.75, 3.05) is 45.9 Å². The molecule has 0 aliphatic carbocycles. The second kappa shape index (κ2) is 7.89. The van der Waals surface area contributed by atoms with Crippen molar-refractivity contribution in [3.05, 3.63) is 5.82 Å². The van der Waals surface area contributed by atoms with Gasteiger partial charge in [0.15, 0.2) is 5.82 Å². The lowest BCUT2D eigenvalue weighted by Gasteiger charge is -2.23. The third-order valence-electron chi connectivity index (χ3n) is 5.83. The van der Waals surface area contributed by atoms with E-state index in [1.807, 2.05) is 4.68 Å². The Labute approximate surface area is 144 Å². The molecular weight excluding hydrogens is 304 g/mol. The van der Waals surface area contributed by atoms with E-state index in [0.29, 0.717) is 5.92 Å². The molecule has 24 heavy (non-hydrogen) atoms. The van der Waals surface area contributed by atoms with Crippen LogP contribution in [0.2, 0.25) is 0 Å². The van der Waals surface area contributed by atoms with E-state index in [-0.39, 0.29) is 0 Å². The first-order valence-corrected chi connectivity index (χ1v) is 9.64. The number of rotatable bonds is 6. The topological polar surface area (TPSA) is 59.3 Å². The Morgan fingerprint density at radius 1 is 0.917 bits per heavy atom. The van der Waals surface area contributed by atoms with Crippen LogP contribution >= 0.6 is 0 Å². The van der Waals surface area contributed by atoms with Crippen LogP contribution in [0.3, 0.4) is 0 Å². The summed E-state index contributed by atoms with van der Waals surface area (Å²) in [4.78, 5) is 5.18. The van der Waals surface area contributed by atoms with E-state index in [2.05, 4.69) is 25.3 Å². The third kappa shape index (κ3) is 4.13. The molecule has 3 saturated heterocycles. The minimum Gasteiger partial charge on any atom is -0.381 e. The molecule has 134 valence electrons. The van der Waals surface area contributed by atoms with Gasteiger partial charge in [0.2, 0.25) is 0 Å². The molecule has 0 N–H and O–H groups in total. The van der Waals surface area contributed by atoms with Gasteiger partial charge < -0.3 is 9.64 Å². The minimum absolute atomic E-state index is 0.655. The molecule has 0 saturated carbocycles. The number of likely N-dealkylation sites (tertiary alicyclic amines) is 2. The van der Waals surface area contributed by atoms with Crippen molar-refractivity contribution >= 4 is 0 Å². The van der Waals surface area contributed by atoms with Crippen LogP contribution in [0.15, 0.2) is 0 Å². The molecular formula is C17H30N6O. The normalized spacial score (nSPS) is 27.2. The van der Waals surface area contributed by atoms with Gasteiger partial charge in [-0.2, -0.15) is 0 Å². The highest BCUT2D eigenvalue weighted by molar-refractivity contribution is 4.87. The highest BCUT2D eigenvalue weighted by atomic mass is 16.5. The lowest BCUT2D eigenvalue weighted by Crippen LogP contribution is -2.29. The number of hydrogen-bond acceptors (Lipinski definition) is 6. The predicted octanol–water partition coefficient (Wildman–Crippen LogP) is 1.02. The summed E-state index contributed by atoms with van der Waals surface area (Å²) in [7, 11) is 0. The van der Waals surface area contributed by atoms with Crippen LogP contribution in [0.25, 0.3) is 0 Å². The number of tetrazole rings is 1. The Hall–Kier alpha value is -1.05. The minimum atomic E-state index is 0.655. The van der Waals surface area contributed by atoms with E-state index < -0.39 is 0 Å². The third-order valence-corrected chi connectivity index (χ3v) is 5.83. The van der Waals surface area contributed by atoms with Gasteiger partial charge >= 0.3 is 0 Å². The summed E-state index contributed by atoms with van der Waals surface area (Å²) >= 11 is 0. The van der Waals surface area contributed by atoms with Gasteiger partial charge in [-0.05, 0) is 74.0 Å². The van der Waals surface area contributed by atoms with Crippen molar-refractivity contribution < 1.29 is 4.74 Å². The van der Waals surface area contributed by atoms with Crippen molar-refractivity contribution in [1.82, 2.24) is 30.0 Å². The zero-order valence-electron chi connectivity index (χ0n) is 14.6. The van der Waals surface area contributed by atoms with E-state index in [0.717, 1.165) is 50.9 Å². The lowest BCUT2D eigenvalue weighted by molar-refractivity contribution is 0.0594. The van der Waals surface area contributed by atoms with Gasteiger partial charge in [-0.15, -0.1) is 5.10 Å². The van der Waals surface area contributed by atoms with Crippen molar-refractivity contribution in [3.8, 4) is 0 Å². The number of hydrogen-bond donors (Lipinski definition) is 0. The molecule has 1 aromatic heterocycles. The molecule has 0 aromatic carbocycles. The smallest absolute Gasteiger partial charge is 0.165 e. The molecule has 1 unspecified atom stereocenters. The van der Waals surface area contributed by atoms with E-state index in [9.17, 15) is 0 Å². The highest BCUT2D eigenvalue weighted by Crippen LogP contribution is 2.22. The fourth-order valence-electron chi connectivity index (χ4n) is 4.39. The van der Waals surface area contributed by atoms with Crippen LogP contribution in [0.1, 0.15) is 37.9 Å². The second-order valence-corrected chi connectivity index (χ2v) is 7.73. The molecule has 3 aliphatic heterocycles. The van der Waals surface area contributed by atoms with Crippen LogP contribution in [0, 0.1) is 11.8 Å². The van der Waals surface area contributed by atoms with E-state index in [1.165, 1.54) is 52.0 Å². The summed E-state index contributed by atoms with van der Waals surface area (Å²) in [5, 5.41) is 12.5. The molecule has 0 radical (unpaired) electrons. The molecule has 0 bridgehead atoms. The van der Waals surface area contributed by atoms with Crippen LogP contribution in [-0.4, -0.2) is 75.9 Å². The SMILES string of the molecule is C1CCN(CC2CCN(Cc3nnnn3CC3CCOCC3)C2)C1. The van der Waals surface area contributed by atoms with Gasteiger partial charge in [0.25, 0.3) is 0 Å². The van der Waals surface area contributed by atoms with Gasteiger partial charge in [0.05, 0.1) is 6.54 Å². The monoisotopic (exact) mass is 334 g/mol. The summed E-state index contributed by atoms with van der Waals surface area (Å²) in [6, 6.07) is 0. The summed E-state index contributed by atoms with van der Waals surface area (Å²) < 4.78 is 7.48.